The molecule has 6 heteroatoms. The molecule has 2 atom stereocenters. The quantitative estimate of drug-likeness (QED) is 0.519. The zero-order chi connectivity index (χ0) is 10.7. The van der Waals surface area contributed by atoms with Crippen LogP contribution in [0.3, 0.4) is 0 Å². The normalized spacial score (nSPS) is 15.1. The van der Waals surface area contributed by atoms with Crippen LogP contribution in [0.5, 0.6) is 0 Å². The third kappa shape index (κ3) is 2.13. The van der Waals surface area contributed by atoms with Gasteiger partial charge >= 0.3 is 0 Å². The second kappa shape index (κ2) is 4.56. The van der Waals surface area contributed by atoms with E-state index in [0.717, 1.165) is 0 Å². The predicted molar refractivity (Wildman–Crippen MR) is 53.7 cm³/mol. The smallest absolute Gasteiger partial charge is 0.136 e. The number of nitrogens with two attached hydrogens (primary N) is 2. The number of anilines is 1. The first kappa shape index (κ1) is 11.2. The molecule has 0 aliphatic heterocycles. The summed E-state index contributed by atoms with van der Waals surface area (Å²) in [6.45, 7) is -0.0775. The number of nitrogen functional groups attached to an aromatic ring is 1. The zero-order valence-electron chi connectivity index (χ0n) is 7.39. The number of nitrogens with zero attached hydrogens (tertiary/aromatic N) is 1. The molecule has 78 valence electrons. The van der Waals surface area contributed by atoms with E-state index in [4.69, 9.17) is 23.1 Å². The average Bonchev–Trinajstić information content (AvgIpc) is 2.16. The molecule has 0 radical (unpaired) electrons. The lowest BCUT2D eigenvalue weighted by molar-refractivity contribution is 0.0246. The van der Waals surface area contributed by atoms with Gasteiger partial charge in [-0.15, -0.1) is 0 Å². The van der Waals surface area contributed by atoms with Crippen molar-refractivity contribution in [3.05, 3.63) is 23.0 Å². The molecule has 0 aliphatic carbocycles. The van der Waals surface area contributed by atoms with E-state index < -0.39 is 12.2 Å². The molecule has 0 fully saturated rings. The van der Waals surface area contributed by atoms with Crippen molar-refractivity contribution >= 4 is 17.3 Å². The van der Waals surface area contributed by atoms with Gasteiger partial charge in [0.05, 0.1) is 6.10 Å². The lowest BCUT2D eigenvalue weighted by Gasteiger charge is -2.18. The number of pyridine rings is 1. The Morgan fingerprint density at radius 1 is 1.50 bits per heavy atom. The van der Waals surface area contributed by atoms with Crippen LogP contribution >= 0.6 is 11.6 Å². The molecular formula is C8H12ClN3O2. The molecule has 1 rings (SSSR count). The maximum absolute atomic E-state index is 9.62. The minimum absolute atomic E-state index is 0.0741. The third-order valence-corrected chi connectivity index (χ3v) is 2.18. The van der Waals surface area contributed by atoms with Gasteiger partial charge in [0.25, 0.3) is 0 Å². The fraction of sp³-hybridized carbons (Fsp3) is 0.375. The van der Waals surface area contributed by atoms with Crippen molar-refractivity contribution < 1.29 is 10.2 Å². The van der Waals surface area contributed by atoms with Gasteiger partial charge < -0.3 is 21.7 Å². The SMILES string of the molecule is NCC(O)C(O)c1c(N)ccnc1Cl. The van der Waals surface area contributed by atoms with Gasteiger partial charge in [0, 0.05) is 24.0 Å². The maximum Gasteiger partial charge on any atom is 0.136 e. The van der Waals surface area contributed by atoms with E-state index in [1.165, 1.54) is 12.3 Å². The standard InChI is InChI=1S/C8H12ClN3O2/c9-8-6(4(11)1-2-12-8)7(14)5(13)3-10/h1-2,5,7,13-14H,3,10H2,(H2,11,12). The number of aromatic nitrogens is 1. The highest BCUT2D eigenvalue weighted by atomic mass is 35.5. The van der Waals surface area contributed by atoms with Crippen LogP contribution in [-0.4, -0.2) is 27.8 Å². The Labute approximate surface area is 86.3 Å². The van der Waals surface area contributed by atoms with Crippen molar-refractivity contribution in [2.75, 3.05) is 12.3 Å². The van der Waals surface area contributed by atoms with E-state index in [2.05, 4.69) is 4.98 Å². The minimum Gasteiger partial charge on any atom is -0.398 e. The molecular weight excluding hydrogens is 206 g/mol. The van der Waals surface area contributed by atoms with Gasteiger partial charge in [-0.2, -0.15) is 0 Å². The average molecular weight is 218 g/mol. The summed E-state index contributed by atoms with van der Waals surface area (Å²) in [6.07, 6.45) is -0.886. The molecule has 0 amide bonds. The fourth-order valence-corrected chi connectivity index (χ4v) is 1.35. The van der Waals surface area contributed by atoms with Gasteiger partial charge in [-0.1, -0.05) is 11.6 Å². The summed E-state index contributed by atoms with van der Waals surface area (Å²) in [5, 5.41) is 19.0. The topological polar surface area (TPSA) is 105 Å². The minimum atomic E-state index is -1.21. The Balaban J connectivity index is 3.05. The van der Waals surface area contributed by atoms with E-state index in [9.17, 15) is 10.2 Å². The van der Waals surface area contributed by atoms with Gasteiger partial charge in [-0.25, -0.2) is 4.98 Å². The first-order valence-electron chi connectivity index (χ1n) is 4.04. The van der Waals surface area contributed by atoms with Crippen molar-refractivity contribution in [3.8, 4) is 0 Å². The Bertz CT molecular complexity index is 301. The zero-order valence-corrected chi connectivity index (χ0v) is 8.15. The Kier molecular flexibility index (Phi) is 3.65. The van der Waals surface area contributed by atoms with Crippen LogP contribution in [0.4, 0.5) is 5.69 Å². The highest BCUT2D eigenvalue weighted by molar-refractivity contribution is 6.30. The maximum atomic E-state index is 9.62. The fourth-order valence-electron chi connectivity index (χ4n) is 1.08. The first-order chi connectivity index (χ1) is 6.57. The number of hydrogen-bond donors (Lipinski definition) is 4. The van der Waals surface area contributed by atoms with Crippen LogP contribution in [-0.2, 0) is 0 Å². The summed E-state index contributed by atoms with van der Waals surface area (Å²) in [5.74, 6) is 0. The van der Waals surface area contributed by atoms with Crippen LogP contribution in [0.15, 0.2) is 12.3 Å². The van der Waals surface area contributed by atoms with E-state index in [1.807, 2.05) is 0 Å². The number of aliphatic hydroxyl groups excluding tert-OH is 2. The van der Waals surface area contributed by atoms with Crippen LogP contribution in [0.1, 0.15) is 11.7 Å². The summed E-state index contributed by atoms with van der Waals surface area (Å²) in [5.41, 5.74) is 11.3. The Morgan fingerprint density at radius 3 is 2.64 bits per heavy atom. The van der Waals surface area contributed by atoms with Gasteiger partial charge in [-0.3, -0.25) is 0 Å². The van der Waals surface area contributed by atoms with Gasteiger partial charge in [0.1, 0.15) is 11.3 Å². The lowest BCUT2D eigenvalue weighted by atomic mass is 10.1. The van der Waals surface area contributed by atoms with Crippen molar-refractivity contribution in [2.45, 2.75) is 12.2 Å². The van der Waals surface area contributed by atoms with Crippen LogP contribution < -0.4 is 11.5 Å². The van der Waals surface area contributed by atoms with Crippen molar-refractivity contribution in [1.29, 1.82) is 0 Å². The van der Waals surface area contributed by atoms with Crippen LogP contribution in [0.25, 0.3) is 0 Å². The summed E-state index contributed by atoms with van der Waals surface area (Å²) >= 11 is 5.72. The number of aliphatic hydroxyl groups is 2. The monoisotopic (exact) mass is 217 g/mol. The van der Waals surface area contributed by atoms with Crippen molar-refractivity contribution in [1.82, 2.24) is 4.98 Å². The van der Waals surface area contributed by atoms with E-state index in [0.29, 0.717) is 0 Å². The highest BCUT2D eigenvalue weighted by Gasteiger charge is 2.22. The molecule has 0 bridgehead atoms. The molecule has 0 aromatic carbocycles. The molecule has 0 saturated carbocycles. The molecule has 0 spiro atoms. The van der Waals surface area contributed by atoms with Gasteiger partial charge in [0.2, 0.25) is 0 Å². The molecule has 0 saturated heterocycles. The van der Waals surface area contributed by atoms with Gasteiger partial charge in [0.15, 0.2) is 0 Å². The highest BCUT2D eigenvalue weighted by Crippen LogP contribution is 2.28. The summed E-state index contributed by atoms with van der Waals surface area (Å²) < 4.78 is 0. The molecule has 2 unspecified atom stereocenters. The summed E-state index contributed by atoms with van der Waals surface area (Å²) in [6, 6.07) is 1.49. The predicted octanol–water partition coefficient (Wildman–Crippen LogP) is -0.330. The van der Waals surface area contributed by atoms with Crippen LogP contribution in [0, 0.1) is 0 Å². The van der Waals surface area contributed by atoms with Crippen LogP contribution in [0.2, 0.25) is 5.15 Å². The Morgan fingerprint density at radius 2 is 2.14 bits per heavy atom. The second-order valence-corrected chi connectivity index (χ2v) is 3.21. The van der Waals surface area contributed by atoms with Crippen molar-refractivity contribution in [2.24, 2.45) is 5.73 Å². The lowest BCUT2D eigenvalue weighted by Crippen LogP contribution is -2.28. The molecule has 14 heavy (non-hydrogen) atoms. The molecule has 6 N–H and O–H groups in total. The Hall–Kier alpha value is -0.880. The molecule has 5 nitrogen and oxygen atoms in total. The molecule has 0 aliphatic rings. The summed E-state index contributed by atoms with van der Waals surface area (Å²) in [4.78, 5) is 3.75. The van der Waals surface area contributed by atoms with Gasteiger partial charge in [-0.05, 0) is 6.07 Å². The van der Waals surface area contributed by atoms with E-state index in [1.54, 1.807) is 0 Å². The number of hydrogen-bond acceptors (Lipinski definition) is 5. The molecule has 1 aromatic heterocycles. The number of halogens is 1. The third-order valence-electron chi connectivity index (χ3n) is 1.88. The first-order valence-corrected chi connectivity index (χ1v) is 4.41. The summed E-state index contributed by atoms with van der Waals surface area (Å²) in [7, 11) is 0. The molecule has 1 heterocycles. The van der Waals surface area contributed by atoms with E-state index >= 15 is 0 Å². The number of rotatable bonds is 3. The van der Waals surface area contributed by atoms with E-state index in [-0.39, 0.29) is 22.9 Å². The van der Waals surface area contributed by atoms with Crippen molar-refractivity contribution in [3.63, 3.8) is 0 Å². The molecule has 1 aromatic rings. The largest absolute Gasteiger partial charge is 0.398 e. The second-order valence-electron chi connectivity index (χ2n) is 2.85.